The molecule has 0 aromatic rings. The Bertz CT molecular complexity index is 248. The molecule has 0 spiro atoms. The summed E-state index contributed by atoms with van der Waals surface area (Å²) in [6.45, 7) is 2.34. The van der Waals surface area contributed by atoms with Gasteiger partial charge >= 0.3 is 6.18 Å². The molecule has 2 fully saturated rings. The number of piperidine rings is 1. The van der Waals surface area contributed by atoms with E-state index < -0.39 is 12.1 Å². The lowest BCUT2D eigenvalue weighted by Gasteiger charge is -2.35. The van der Waals surface area contributed by atoms with E-state index in [0.717, 1.165) is 25.9 Å². The smallest absolute Gasteiger partial charge is 0.330 e. The predicted octanol–water partition coefficient (Wildman–Crippen LogP) is 2.00. The quantitative estimate of drug-likeness (QED) is 0.812. The van der Waals surface area contributed by atoms with E-state index in [1.165, 1.54) is 0 Å². The van der Waals surface area contributed by atoms with Crippen LogP contribution in [-0.2, 0) is 0 Å². The molecule has 1 aliphatic carbocycles. The van der Waals surface area contributed by atoms with Crippen LogP contribution < -0.4 is 5.73 Å². The van der Waals surface area contributed by atoms with Crippen LogP contribution in [0.15, 0.2) is 0 Å². The first kappa shape index (κ1) is 12.2. The summed E-state index contributed by atoms with van der Waals surface area (Å²) >= 11 is 0. The molecule has 2 nitrogen and oxygen atoms in total. The third-order valence-corrected chi connectivity index (χ3v) is 3.92. The van der Waals surface area contributed by atoms with Gasteiger partial charge in [0.1, 0.15) is 0 Å². The molecule has 1 unspecified atom stereocenters. The van der Waals surface area contributed by atoms with E-state index in [1.54, 1.807) is 0 Å². The highest BCUT2D eigenvalue weighted by atomic mass is 19.4. The minimum Gasteiger partial charge on any atom is -0.330 e. The summed E-state index contributed by atoms with van der Waals surface area (Å²) in [6.07, 6.45) is -0.925. The van der Waals surface area contributed by atoms with Gasteiger partial charge in [0, 0.05) is 13.1 Å². The van der Waals surface area contributed by atoms with E-state index in [-0.39, 0.29) is 18.4 Å². The summed E-state index contributed by atoms with van der Waals surface area (Å²) < 4.78 is 37.8. The van der Waals surface area contributed by atoms with E-state index in [9.17, 15) is 13.2 Å². The Labute approximate surface area is 94.0 Å². The van der Waals surface area contributed by atoms with Gasteiger partial charge in [0.15, 0.2) is 0 Å². The maximum absolute atomic E-state index is 12.6. The van der Waals surface area contributed by atoms with Crippen molar-refractivity contribution in [3.63, 3.8) is 0 Å². The van der Waals surface area contributed by atoms with E-state index >= 15 is 0 Å². The number of nitrogens with two attached hydrogens (primary N) is 1. The molecule has 0 radical (unpaired) electrons. The summed E-state index contributed by atoms with van der Waals surface area (Å²) in [4.78, 5) is 1.96. The Kier molecular flexibility index (Phi) is 3.18. The Morgan fingerprint density at radius 1 is 1.31 bits per heavy atom. The van der Waals surface area contributed by atoms with Crippen molar-refractivity contribution in [2.45, 2.75) is 31.9 Å². The highest BCUT2D eigenvalue weighted by molar-refractivity contribution is 4.97. The number of nitrogens with zero attached hydrogens (tertiary/aromatic N) is 1. The van der Waals surface area contributed by atoms with E-state index in [4.69, 9.17) is 5.73 Å². The summed E-state index contributed by atoms with van der Waals surface area (Å²) in [5, 5.41) is 0. The molecule has 1 saturated carbocycles. The first-order chi connectivity index (χ1) is 7.45. The van der Waals surface area contributed by atoms with Crippen molar-refractivity contribution in [3.05, 3.63) is 0 Å². The maximum Gasteiger partial charge on any atom is 0.393 e. The Balaban J connectivity index is 1.87. The molecular weight excluding hydrogens is 217 g/mol. The topological polar surface area (TPSA) is 29.3 Å². The van der Waals surface area contributed by atoms with Crippen LogP contribution in [0.25, 0.3) is 0 Å². The molecule has 0 bridgehead atoms. The fourth-order valence-electron chi connectivity index (χ4n) is 2.54. The van der Waals surface area contributed by atoms with Crippen LogP contribution in [-0.4, -0.2) is 37.3 Å². The fourth-order valence-corrected chi connectivity index (χ4v) is 2.54. The maximum atomic E-state index is 12.6. The predicted molar refractivity (Wildman–Crippen MR) is 55.9 cm³/mol. The van der Waals surface area contributed by atoms with Gasteiger partial charge in [-0.05, 0) is 44.2 Å². The van der Waals surface area contributed by atoms with E-state index in [1.807, 2.05) is 4.90 Å². The van der Waals surface area contributed by atoms with Gasteiger partial charge in [0.2, 0.25) is 0 Å². The lowest BCUT2D eigenvalue weighted by molar-refractivity contribution is -0.187. The van der Waals surface area contributed by atoms with Gasteiger partial charge < -0.3 is 10.6 Å². The molecule has 16 heavy (non-hydrogen) atoms. The first-order valence-corrected chi connectivity index (χ1v) is 5.94. The minimum atomic E-state index is -4.03. The van der Waals surface area contributed by atoms with Gasteiger partial charge in [0.05, 0.1) is 5.92 Å². The molecule has 1 atom stereocenters. The molecule has 1 heterocycles. The van der Waals surface area contributed by atoms with Gasteiger partial charge in [-0.3, -0.25) is 0 Å². The molecule has 2 aliphatic rings. The number of rotatable bonds is 3. The third-order valence-electron chi connectivity index (χ3n) is 3.92. The normalized spacial score (nSPS) is 30.4. The largest absolute Gasteiger partial charge is 0.393 e. The van der Waals surface area contributed by atoms with Crippen molar-refractivity contribution in [1.29, 1.82) is 0 Å². The van der Waals surface area contributed by atoms with Crippen LogP contribution >= 0.6 is 0 Å². The number of halogens is 3. The standard InChI is InChI=1S/C11H19F3N2/c12-11(13,14)9-2-1-5-16(6-9)8-10(7-15)3-4-10/h9H,1-8,15H2. The van der Waals surface area contributed by atoms with E-state index in [0.29, 0.717) is 13.0 Å². The van der Waals surface area contributed by atoms with Gasteiger partial charge in [-0.25, -0.2) is 0 Å². The summed E-state index contributed by atoms with van der Waals surface area (Å²) in [7, 11) is 0. The van der Waals surface area contributed by atoms with Crippen LogP contribution in [0, 0.1) is 11.3 Å². The van der Waals surface area contributed by atoms with Gasteiger partial charge in [0.25, 0.3) is 0 Å². The first-order valence-electron chi connectivity index (χ1n) is 5.94. The zero-order valence-electron chi connectivity index (χ0n) is 9.39. The Morgan fingerprint density at radius 3 is 2.50 bits per heavy atom. The molecule has 0 aromatic carbocycles. The van der Waals surface area contributed by atoms with Crippen molar-refractivity contribution >= 4 is 0 Å². The second kappa shape index (κ2) is 4.18. The molecule has 1 saturated heterocycles. The van der Waals surface area contributed by atoms with Crippen molar-refractivity contribution in [1.82, 2.24) is 4.90 Å². The number of alkyl halides is 3. The van der Waals surface area contributed by atoms with Crippen molar-refractivity contribution < 1.29 is 13.2 Å². The van der Waals surface area contributed by atoms with Gasteiger partial charge in [-0.2, -0.15) is 13.2 Å². The van der Waals surface area contributed by atoms with Crippen LogP contribution in [0.5, 0.6) is 0 Å². The zero-order valence-corrected chi connectivity index (χ0v) is 9.39. The second-order valence-electron chi connectivity index (χ2n) is 5.32. The fraction of sp³-hybridized carbons (Fsp3) is 1.00. The molecule has 2 N–H and O–H groups in total. The number of likely N-dealkylation sites (tertiary alicyclic amines) is 1. The molecular formula is C11H19F3N2. The van der Waals surface area contributed by atoms with Crippen LogP contribution in [0.3, 0.4) is 0 Å². The zero-order chi connectivity index (χ0) is 11.8. The average molecular weight is 236 g/mol. The number of hydrogen-bond acceptors (Lipinski definition) is 2. The SMILES string of the molecule is NCC1(CN2CCCC(C(F)(F)F)C2)CC1. The van der Waals surface area contributed by atoms with E-state index in [2.05, 4.69) is 0 Å². The Hall–Kier alpha value is -0.290. The molecule has 94 valence electrons. The van der Waals surface area contributed by atoms with Crippen LogP contribution in [0.2, 0.25) is 0 Å². The highest BCUT2D eigenvalue weighted by Gasteiger charge is 2.46. The van der Waals surface area contributed by atoms with Crippen LogP contribution in [0.1, 0.15) is 25.7 Å². The molecule has 0 aromatic heterocycles. The van der Waals surface area contributed by atoms with Crippen LogP contribution in [0.4, 0.5) is 13.2 Å². The minimum absolute atomic E-state index is 0.146. The highest BCUT2D eigenvalue weighted by Crippen LogP contribution is 2.46. The summed E-state index contributed by atoms with van der Waals surface area (Å²) in [5.74, 6) is -1.13. The Morgan fingerprint density at radius 2 is 2.00 bits per heavy atom. The molecule has 5 heteroatoms. The van der Waals surface area contributed by atoms with Gasteiger partial charge in [-0.15, -0.1) is 0 Å². The molecule has 2 rings (SSSR count). The average Bonchev–Trinajstić information content (AvgIpc) is 2.98. The summed E-state index contributed by atoms with van der Waals surface area (Å²) in [6, 6.07) is 0. The lowest BCUT2D eigenvalue weighted by atomic mass is 9.96. The summed E-state index contributed by atoms with van der Waals surface area (Å²) in [5.41, 5.74) is 5.80. The van der Waals surface area contributed by atoms with Crippen molar-refractivity contribution in [2.75, 3.05) is 26.2 Å². The van der Waals surface area contributed by atoms with Crippen molar-refractivity contribution in [3.8, 4) is 0 Å². The second-order valence-corrected chi connectivity index (χ2v) is 5.32. The molecule has 1 aliphatic heterocycles. The van der Waals surface area contributed by atoms with Crippen molar-refractivity contribution in [2.24, 2.45) is 17.1 Å². The monoisotopic (exact) mass is 236 g/mol. The number of hydrogen-bond donors (Lipinski definition) is 1. The lowest BCUT2D eigenvalue weighted by Crippen LogP contribution is -2.45. The third kappa shape index (κ3) is 2.69. The molecule has 0 amide bonds. The van der Waals surface area contributed by atoms with Gasteiger partial charge in [-0.1, -0.05) is 0 Å².